The third-order valence-corrected chi connectivity index (χ3v) is 3.49. The summed E-state index contributed by atoms with van der Waals surface area (Å²) in [6.07, 6.45) is 0. The van der Waals surface area contributed by atoms with Gasteiger partial charge in [-0.2, -0.15) is 0 Å². The van der Waals surface area contributed by atoms with Gasteiger partial charge in [0.1, 0.15) is 10.4 Å². The number of fused-ring (bicyclic) bond motifs is 1. The molecule has 0 saturated carbocycles. The molecule has 6 heteroatoms. The monoisotopic (exact) mass is 260 g/mol. The highest BCUT2D eigenvalue weighted by Crippen LogP contribution is 2.29. The van der Waals surface area contributed by atoms with Crippen molar-refractivity contribution in [3.05, 3.63) is 35.0 Å². The molecule has 0 atom stereocenters. The van der Waals surface area contributed by atoms with Gasteiger partial charge >= 0.3 is 5.97 Å². The first kappa shape index (κ1) is 10.9. The number of carboxylic acids is 1. The topological polar surface area (TPSA) is 76.2 Å². The van der Waals surface area contributed by atoms with Crippen molar-refractivity contribution in [3.63, 3.8) is 0 Å². The van der Waals surface area contributed by atoms with Crippen molar-refractivity contribution >= 4 is 28.4 Å². The molecule has 0 spiro atoms. The SMILES string of the molecule is Cc1ncsc1-c1nc2cc(C(=O)O)ccc2o1. The summed E-state index contributed by atoms with van der Waals surface area (Å²) in [5, 5.41) is 8.91. The lowest BCUT2D eigenvalue weighted by Gasteiger charge is -1.91. The number of benzene rings is 1. The Labute approximate surface area is 106 Å². The van der Waals surface area contributed by atoms with Crippen LogP contribution >= 0.6 is 11.3 Å². The number of aryl methyl sites for hydroxylation is 1. The van der Waals surface area contributed by atoms with E-state index >= 15 is 0 Å². The van der Waals surface area contributed by atoms with Crippen LogP contribution in [0.5, 0.6) is 0 Å². The van der Waals surface area contributed by atoms with Crippen LogP contribution < -0.4 is 0 Å². The summed E-state index contributed by atoms with van der Waals surface area (Å²) in [6, 6.07) is 4.62. The van der Waals surface area contributed by atoms with Gasteiger partial charge in [-0.1, -0.05) is 0 Å². The molecule has 0 aliphatic carbocycles. The van der Waals surface area contributed by atoms with Crippen LogP contribution in [0.3, 0.4) is 0 Å². The first-order valence-corrected chi connectivity index (χ1v) is 6.07. The number of hydrogen-bond donors (Lipinski definition) is 1. The second kappa shape index (κ2) is 3.92. The van der Waals surface area contributed by atoms with E-state index < -0.39 is 5.97 Å². The molecule has 0 aliphatic rings. The van der Waals surface area contributed by atoms with Gasteiger partial charge in [0.15, 0.2) is 5.58 Å². The molecule has 5 nitrogen and oxygen atoms in total. The molecule has 2 aromatic heterocycles. The summed E-state index contributed by atoms with van der Waals surface area (Å²) in [4.78, 5) is 20.2. The maximum atomic E-state index is 10.9. The predicted octanol–water partition coefficient (Wildman–Crippen LogP) is 2.96. The Bertz CT molecular complexity index is 745. The second-order valence-electron chi connectivity index (χ2n) is 3.77. The Hall–Kier alpha value is -2.21. The molecule has 0 radical (unpaired) electrons. The number of nitrogens with zero attached hydrogens (tertiary/aromatic N) is 2. The number of aromatic carboxylic acids is 1. The first-order chi connectivity index (χ1) is 8.65. The summed E-state index contributed by atoms with van der Waals surface area (Å²) >= 11 is 1.44. The summed E-state index contributed by atoms with van der Waals surface area (Å²) in [6.45, 7) is 1.88. The normalized spacial score (nSPS) is 10.9. The molecule has 0 amide bonds. The van der Waals surface area contributed by atoms with Crippen molar-refractivity contribution in [2.24, 2.45) is 0 Å². The highest BCUT2D eigenvalue weighted by atomic mass is 32.1. The predicted molar refractivity (Wildman–Crippen MR) is 66.8 cm³/mol. The van der Waals surface area contributed by atoms with Crippen LogP contribution in [0.2, 0.25) is 0 Å². The molecule has 3 rings (SSSR count). The van der Waals surface area contributed by atoms with Gasteiger partial charge in [0, 0.05) is 0 Å². The van der Waals surface area contributed by atoms with Gasteiger partial charge in [0.25, 0.3) is 0 Å². The van der Waals surface area contributed by atoms with Crippen LogP contribution in [0.25, 0.3) is 21.9 Å². The van der Waals surface area contributed by atoms with E-state index in [-0.39, 0.29) is 5.56 Å². The Kier molecular flexibility index (Phi) is 2.38. The second-order valence-corrected chi connectivity index (χ2v) is 4.63. The van der Waals surface area contributed by atoms with Crippen LogP contribution in [0.15, 0.2) is 28.1 Å². The first-order valence-electron chi connectivity index (χ1n) is 5.19. The lowest BCUT2D eigenvalue weighted by molar-refractivity contribution is 0.0697. The van der Waals surface area contributed by atoms with E-state index in [4.69, 9.17) is 9.52 Å². The fourth-order valence-electron chi connectivity index (χ4n) is 1.66. The van der Waals surface area contributed by atoms with Crippen LogP contribution in [-0.2, 0) is 0 Å². The summed E-state index contributed by atoms with van der Waals surface area (Å²) in [7, 11) is 0. The lowest BCUT2D eigenvalue weighted by Crippen LogP contribution is -1.94. The highest BCUT2D eigenvalue weighted by Gasteiger charge is 2.14. The summed E-state index contributed by atoms with van der Waals surface area (Å²) < 4.78 is 5.59. The van der Waals surface area contributed by atoms with E-state index in [2.05, 4.69) is 9.97 Å². The minimum Gasteiger partial charge on any atom is -0.478 e. The van der Waals surface area contributed by atoms with Crippen LogP contribution in [0.4, 0.5) is 0 Å². The number of carboxylic acid groups (broad SMARTS) is 1. The summed E-state index contributed by atoms with van der Waals surface area (Å²) in [5.74, 6) is -0.497. The highest BCUT2D eigenvalue weighted by molar-refractivity contribution is 7.13. The number of hydrogen-bond acceptors (Lipinski definition) is 5. The van der Waals surface area contributed by atoms with Crippen molar-refractivity contribution in [3.8, 4) is 10.8 Å². The fourth-order valence-corrected chi connectivity index (χ4v) is 2.39. The van der Waals surface area contributed by atoms with Crippen LogP contribution in [0, 0.1) is 6.92 Å². The molecule has 1 N–H and O–H groups in total. The third kappa shape index (κ3) is 1.67. The molecular weight excluding hydrogens is 252 g/mol. The van der Waals surface area contributed by atoms with E-state index in [1.807, 2.05) is 6.92 Å². The van der Waals surface area contributed by atoms with Crippen molar-refractivity contribution in [1.29, 1.82) is 0 Å². The van der Waals surface area contributed by atoms with Gasteiger partial charge in [-0.25, -0.2) is 14.8 Å². The molecule has 0 bridgehead atoms. The average Bonchev–Trinajstić information content (AvgIpc) is 2.92. The standard InChI is InChI=1S/C12H8N2O3S/c1-6-10(18-5-13-6)11-14-8-4-7(12(15)16)2-3-9(8)17-11/h2-5H,1H3,(H,15,16). The Morgan fingerprint density at radius 1 is 1.44 bits per heavy atom. The number of thiazole rings is 1. The van der Waals surface area contributed by atoms with E-state index in [1.165, 1.54) is 23.5 Å². The van der Waals surface area contributed by atoms with Crippen LogP contribution in [0.1, 0.15) is 16.1 Å². The van der Waals surface area contributed by atoms with E-state index in [0.717, 1.165) is 10.6 Å². The Balaban J connectivity index is 2.17. The molecule has 0 unspecified atom stereocenters. The number of carbonyl (C=O) groups is 1. The van der Waals surface area contributed by atoms with Crippen molar-refractivity contribution < 1.29 is 14.3 Å². The van der Waals surface area contributed by atoms with Gasteiger partial charge in [-0.15, -0.1) is 11.3 Å². The van der Waals surface area contributed by atoms with Crippen molar-refractivity contribution in [2.45, 2.75) is 6.92 Å². The van der Waals surface area contributed by atoms with Crippen molar-refractivity contribution in [2.75, 3.05) is 0 Å². The Morgan fingerprint density at radius 2 is 2.28 bits per heavy atom. The third-order valence-electron chi connectivity index (χ3n) is 2.57. The fraction of sp³-hybridized carbons (Fsp3) is 0.0833. The average molecular weight is 260 g/mol. The number of aromatic nitrogens is 2. The maximum Gasteiger partial charge on any atom is 0.335 e. The smallest absolute Gasteiger partial charge is 0.335 e. The van der Waals surface area contributed by atoms with Gasteiger partial charge in [-0.05, 0) is 25.1 Å². The van der Waals surface area contributed by atoms with Gasteiger partial charge in [0.2, 0.25) is 5.89 Å². The molecule has 18 heavy (non-hydrogen) atoms. The quantitative estimate of drug-likeness (QED) is 0.766. The molecule has 0 saturated heterocycles. The molecule has 0 aliphatic heterocycles. The molecule has 0 fully saturated rings. The molecule has 3 aromatic rings. The molecule has 90 valence electrons. The van der Waals surface area contributed by atoms with E-state index in [9.17, 15) is 4.79 Å². The van der Waals surface area contributed by atoms with Gasteiger partial charge in [-0.3, -0.25) is 0 Å². The van der Waals surface area contributed by atoms with E-state index in [0.29, 0.717) is 17.0 Å². The largest absolute Gasteiger partial charge is 0.478 e. The zero-order chi connectivity index (χ0) is 12.7. The molecular formula is C12H8N2O3S. The van der Waals surface area contributed by atoms with Gasteiger partial charge in [0.05, 0.1) is 16.8 Å². The zero-order valence-electron chi connectivity index (χ0n) is 9.38. The number of oxazole rings is 1. The lowest BCUT2D eigenvalue weighted by atomic mass is 10.2. The van der Waals surface area contributed by atoms with Gasteiger partial charge < -0.3 is 9.52 Å². The van der Waals surface area contributed by atoms with Crippen LogP contribution in [-0.4, -0.2) is 21.0 Å². The number of rotatable bonds is 2. The minimum atomic E-state index is -0.976. The summed E-state index contributed by atoms with van der Waals surface area (Å²) in [5.41, 5.74) is 3.89. The van der Waals surface area contributed by atoms with Crippen molar-refractivity contribution in [1.82, 2.24) is 9.97 Å². The molecule has 2 heterocycles. The maximum absolute atomic E-state index is 10.9. The Morgan fingerprint density at radius 3 is 2.94 bits per heavy atom. The van der Waals surface area contributed by atoms with E-state index in [1.54, 1.807) is 11.6 Å². The minimum absolute atomic E-state index is 0.198. The molecule has 1 aromatic carbocycles. The zero-order valence-corrected chi connectivity index (χ0v) is 10.2.